The molecular formula is C78H69EuN7O18+2. The van der Waals surface area contributed by atoms with Crippen LogP contribution in [0.3, 0.4) is 0 Å². The maximum Gasteiger partial charge on any atom is 0.173 e. The van der Waals surface area contributed by atoms with Crippen LogP contribution in [0.5, 0.6) is 0 Å². The number of carbonyl (C=O) groups is 6. The molecule has 0 fully saturated rings. The van der Waals surface area contributed by atoms with E-state index in [1.54, 1.807) is 72.8 Å². The predicted molar refractivity (Wildman–Crippen MR) is 361 cm³/mol. The average molecular weight is 1540 g/mol. The topological polar surface area (TPSA) is 429 Å². The number of aromatic nitrogens is 6. The van der Waals surface area contributed by atoms with E-state index in [1.807, 2.05) is 211 Å². The van der Waals surface area contributed by atoms with E-state index >= 15 is 0 Å². The zero-order chi connectivity index (χ0) is 71.1. The van der Waals surface area contributed by atoms with E-state index < -0.39 is 40.9 Å². The minimum Gasteiger partial charge on any atom is -0.545 e. The second-order valence-corrected chi connectivity index (χ2v) is 22.7. The molecule has 0 aliphatic carbocycles. The number of benzene rings is 6. The third kappa shape index (κ3) is 25.1. The predicted octanol–water partition coefficient (Wildman–Crippen LogP) is -0.748. The zero-order valence-corrected chi connectivity index (χ0v) is 57.7. The number of nitrogens with zero attached hydrogens (tertiary/aromatic N) is 7. The van der Waals surface area contributed by atoms with Crippen LogP contribution in [0.2, 0.25) is 0 Å². The molecule has 0 spiro atoms. The van der Waals surface area contributed by atoms with Crippen LogP contribution in [0.1, 0.15) is 95.5 Å². The van der Waals surface area contributed by atoms with Crippen molar-refractivity contribution < 1.29 is 158 Å². The Hall–Kier alpha value is -12.3. The Morgan fingerprint density at radius 1 is 0.240 bits per heavy atom. The smallest absolute Gasteiger partial charge is 0.173 e. The van der Waals surface area contributed by atoms with Crippen LogP contribution in [0, 0.1) is 64.7 Å². The molecule has 6 aromatic heterocycles. The Labute approximate surface area is 636 Å². The Morgan fingerprint density at radius 3 is 0.462 bits per heavy atom. The second-order valence-electron chi connectivity index (χ2n) is 22.7. The van der Waals surface area contributed by atoms with E-state index in [-0.39, 0.29) is 99.2 Å². The van der Waals surface area contributed by atoms with E-state index in [4.69, 9.17) is 15.3 Å². The van der Waals surface area contributed by atoms with Crippen molar-refractivity contribution >= 4 is 35.8 Å². The number of carbonyl (C=O) groups excluding carboxylic acids is 6. The van der Waals surface area contributed by atoms with Gasteiger partial charge in [-0.05, 0) is 103 Å². The molecule has 0 saturated carbocycles. The molecule has 104 heavy (non-hydrogen) atoms. The van der Waals surface area contributed by atoms with E-state index in [0.29, 0.717) is 39.3 Å². The van der Waals surface area contributed by atoms with Gasteiger partial charge in [0.15, 0.2) is 114 Å². The number of hydrogen-bond donors (Lipinski definition) is 0. The molecule has 6 aromatic carbocycles. The summed E-state index contributed by atoms with van der Waals surface area (Å²) in [5, 5.41) is 80.9. The molecule has 12 aromatic rings. The molecule has 0 atom stereocenters. The number of rotatable bonds is 21. The molecule has 25 nitrogen and oxygen atoms in total. The molecule has 12 rings (SSSR count). The zero-order valence-electron chi connectivity index (χ0n) is 55.3. The molecule has 0 amide bonds. The summed E-state index contributed by atoms with van der Waals surface area (Å²) < 4.78 is 11.9. The van der Waals surface area contributed by atoms with E-state index in [9.17, 15) is 59.4 Å². The van der Waals surface area contributed by atoms with Crippen LogP contribution >= 0.6 is 0 Å². The standard InChI is InChI=1S/3C26H20N2O4.Eu.NO3.3H2O/c3*29-25(30)23-5-1-3-19(15-23)17-27-11-7-21(8-12-27)22-9-13-28(14-10-22)18-20-4-2-6-24(16-20)26(31)32;;2-1(3)4;;;/h3*1-16H,17-18H2;;;3*1H2/q;;;;-1;;;/p+3. The van der Waals surface area contributed by atoms with E-state index in [1.165, 1.54) is 36.4 Å². The van der Waals surface area contributed by atoms with Crippen LogP contribution in [0.4, 0.5) is 0 Å². The minimum absolute atomic E-state index is 0. The first-order valence-corrected chi connectivity index (χ1v) is 30.8. The third-order valence-electron chi connectivity index (χ3n) is 15.5. The van der Waals surface area contributed by atoms with Crippen molar-refractivity contribution in [1.82, 2.24) is 0 Å². The largest absolute Gasteiger partial charge is 0.545 e. The summed E-state index contributed by atoms with van der Waals surface area (Å²) >= 11 is 0. The monoisotopic (exact) mass is 1540 g/mol. The fourth-order valence-electron chi connectivity index (χ4n) is 10.6. The summed E-state index contributed by atoms with van der Waals surface area (Å²) in [4.78, 5) is 74.4. The molecule has 0 unspecified atom stereocenters. The summed E-state index contributed by atoms with van der Waals surface area (Å²) in [6.45, 7) is 3.34. The molecule has 26 heteroatoms. The van der Waals surface area contributed by atoms with Crippen molar-refractivity contribution in [3.63, 3.8) is 0 Å². The Morgan fingerprint density at radius 2 is 0.356 bits per heavy atom. The molecule has 0 aliphatic rings. The maximum absolute atomic E-state index is 11.0. The summed E-state index contributed by atoms with van der Waals surface area (Å²) in [5.74, 6) is -7.08. The van der Waals surface area contributed by atoms with Crippen molar-refractivity contribution in [2.75, 3.05) is 0 Å². The fourth-order valence-corrected chi connectivity index (χ4v) is 10.6. The van der Waals surface area contributed by atoms with Gasteiger partial charge in [0.2, 0.25) is 0 Å². The van der Waals surface area contributed by atoms with Crippen molar-refractivity contribution in [3.8, 4) is 33.4 Å². The first-order chi connectivity index (χ1) is 48.2. The quantitative estimate of drug-likeness (QED) is 0.0370. The Bertz CT molecular complexity index is 4110. The van der Waals surface area contributed by atoms with Gasteiger partial charge in [-0.2, -0.15) is 0 Å². The van der Waals surface area contributed by atoms with Crippen molar-refractivity contribution in [3.05, 3.63) is 375 Å². The van der Waals surface area contributed by atoms with Crippen molar-refractivity contribution in [1.29, 1.82) is 0 Å². The van der Waals surface area contributed by atoms with Crippen LogP contribution in [0.25, 0.3) is 33.4 Å². The number of pyridine rings is 6. The molecule has 9 N–H and O–H groups in total. The summed E-state index contributed by atoms with van der Waals surface area (Å²) in [6.07, 6.45) is 23.4. The van der Waals surface area contributed by atoms with Gasteiger partial charge >= 0.3 is 0 Å². The Balaban J connectivity index is 0.000000268. The normalized spacial score (nSPS) is 10.0. The summed E-state index contributed by atoms with van der Waals surface area (Å²) in [5.41, 5.74) is 12.6. The first kappa shape index (κ1) is 82.4. The van der Waals surface area contributed by atoms with Gasteiger partial charge < -0.3 is 91.2 Å². The van der Waals surface area contributed by atoms with Gasteiger partial charge in [-0.15, -0.1) is 0 Å². The molecule has 0 aliphatic heterocycles. The molecular weight excluding hydrogens is 1470 g/mol. The molecule has 0 saturated heterocycles. The maximum atomic E-state index is 11.0. The SMILES string of the molecule is O=C([O-])c1cccc(C[n+]2ccc(-c3cc[n+](Cc4cccc(C(=O)[O-])c4)cc3)cc2)c1.O=C([O-])c1cccc(C[n+]2ccc(-c3cc[n+](Cc4cccc(C(=O)[O-])c4)cc3)cc2)c1.O=C([O-])c1cccc(C[n+]2ccc(-c3cc[n+](Cc4cccc(C(=O)[O-])c4)cc3)cc2)c1.O=[N+]([O-])[O-].[Eu].[OH3+].[OH3+].[OH3+]. The van der Waals surface area contributed by atoms with Gasteiger partial charge in [0.25, 0.3) is 0 Å². The molecule has 1 radical (unpaired) electrons. The van der Waals surface area contributed by atoms with Crippen LogP contribution in [-0.2, 0) is 55.7 Å². The van der Waals surface area contributed by atoms with Gasteiger partial charge in [0, 0.05) is 156 Å². The fraction of sp³-hybridized carbons (Fsp3) is 0.0769. The van der Waals surface area contributed by atoms with Crippen molar-refractivity contribution in [2.45, 2.75) is 39.3 Å². The molecule has 0 bridgehead atoms. The first-order valence-electron chi connectivity index (χ1n) is 30.8. The van der Waals surface area contributed by atoms with Gasteiger partial charge in [0.1, 0.15) is 0 Å². The van der Waals surface area contributed by atoms with E-state index in [2.05, 4.69) is 0 Å². The van der Waals surface area contributed by atoms with Gasteiger partial charge in [0.05, 0.1) is 40.9 Å². The molecule has 529 valence electrons. The van der Waals surface area contributed by atoms with E-state index in [0.717, 1.165) is 66.8 Å². The molecule has 6 heterocycles. The van der Waals surface area contributed by atoms with Crippen molar-refractivity contribution in [2.24, 2.45) is 0 Å². The number of carboxylic acids is 6. The van der Waals surface area contributed by atoms with Gasteiger partial charge in [-0.3, -0.25) is 0 Å². The van der Waals surface area contributed by atoms with Gasteiger partial charge in [-0.25, -0.2) is 27.4 Å². The van der Waals surface area contributed by atoms with Crippen LogP contribution < -0.4 is 58.0 Å². The van der Waals surface area contributed by atoms with Crippen LogP contribution in [-0.4, -0.2) is 40.9 Å². The number of carboxylic acid groups (broad SMARTS) is 6. The minimum atomic E-state index is -1.75. The number of aromatic carboxylic acids is 6. The number of hydrogen-bond acceptors (Lipinski definition) is 15. The Kier molecular flexibility index (Phi) is 31.9. The van der Waals surface area contributed by atoms with Crippen LogP contribution in [0.15, 0.2) is 293 Å². The summed E-state index contributed by atoms with van der Waals surface area (Å²) in [7, 11) is 0. The third-order valence-corrected chi connectivity index (χ3v) is 15.5. The average Bonchev–Trinajstić information content (AvgIpc) is 0.912. The second kappa shape index (κ2) is 40.2. The summed E-state index contributed by atoms with van der Waals surface area (Å²) in [6, 6.07) is 64.5. The van der Waals surface area contributed by atoms with Gasteiger partial charge in [-0.1, -0.05) is 109 Å².